The first-order chi connectivity index (χ1) is 20.5. The first-order valence-electron chi connectivity index (χ1n) is 17.0. The molecule has 4 aromatic rings. The maximum atomic E-state index is 2.73. The monoisotopic (exact) mass is 568 g/mol. The van der Waals surface area contributed by atoms with Crippen LogP contribution in [0.4, 0.5) is 0 Å². The largest absolute Gasteiger partial charge is 0.222 e. The molecule has 2 aliphatic carbocycles. The number of pyridine rings is 1. The molecule has 3 aliphatic rings. The van der Waals surface area contributed by atoms with Gasteiger partial charge in [-0.05, 0) is 93.5 Å². The molecule has 0 saturated carbocycles. The number of rotatable bonds is 6. The van der Waals surface area contributed by atoms with Gasteiger partial charge in [-0.3, -0.25) is 0 Å². The molecular weight excluding hydrogens is 518 g/mol. The third-order valence-electron chi connectivity index (χ3n) is 11.6. The summed E-state index contributed by atoms with van der Waals surface area (Å²) in [5.41, 5.74) is 11.9. The van der Waals surface area contributed by atoms with Crippen molar-refractivity contribution in [3.05, 3.63) is 100 Å². The van der Waals surface area contributed by atoms with Crippen molar-refractivity contribution in [2.45, 2.75) is 111 Å². The van der Waals surface area contributed by atoms with Crippen molar-refractivity contribution >= 4 is 21.5 Å². The van der Waals surface area contributed by atoms with Gasteiger partial charge >= 0.3 is 0 Å². The summed E-state index contributed by atoms with van der Waals surface area (Å²) in [7, 11) is 0. The van der Waals surface area contributed by atoms with Crippen LogP contribution in [0.3, 0.4) is 0 Å². The predicted octanol–water partition coefficient (Wildman–Crippen LogP) is 11.1. The third kappa shape index (κ3) is 3.85. The average Bonchev–Trinajstić information content (AvgIpc) is 3.23. The molecule has 1 aromatic heterocycles. The van der Waals surface area contributed by atoms with Gasteiger partial charge in [0.15, 0.2) is 6.20 Å². The molecule has 0 radical (unpaired) electrons. The second-order valence-corrected chi connectivity index (χ2v) is 15.3. The van der Waals surface area contributed by atoms with Crippen LogP contribution in [0.1, 0.15) is 117 Å². The van der Waals surface area contributed by atoms with Crippen LogP contribution in [0.15, 0.2) is 78.0 Å². The van der Waals surface area contributed by atoms with E-state index in [1.54, 1.807) is 11.1 Å². The molecule has 222 valence electrons. The highest BCUT2D eigenvalue weighted by molar-refractivity contribution is 6.07. The van der Waals surface area contributed by atoms with Crippen molar-refractivity contribution in [1.29, 1.82) is 0 Å². The first-order valence-corrected chi connectivity index (χ1v) is 17.0. The number of nitrogens with zero attached hydrogens (tertiary/aromatic N) is 1. The fourth-order valence-electron chi connectivity index (χ4n) is 9.11. The molecule has 1 atom stereocenters. The summed E-state index contributed by atoms with van der Waals surface area (Å²) in [6.45, 7) is 21.6. The summed E-state index contributed by atoms with van der Waals surface area (Å²) < 4.78 is 2.73. The van der Waals surface area contributed by atoms with E-state index >= 15 is 0 Å². The van der Waals surface area contributed by atoms with Crippen LogP contribution in [0.2, 0.25) is 0 Å². The van der Waals surface area contributed by atoms with Crippen molar-refractivity contribution < 1.29 is 4.57 Å². The van der Waals surface area contributed by atoms with E-state index < -0.39 is 0 Å². The number of benzene rings is 3. The van der Waals surface area contributed by atoms with Gasteiger partial charge in [-0.25, -0.2) is 0 Å². The molecule has 43 heavy (non-hydrogen) atoms. The van der Waals surface area contributed by atoms with E-state index in [1.807, 2.05) is 0 Å². The van der Waals surface area contributed by atoms with E-state index in [-0.39, 0.29) is 16.4 Å². The topological polar surface area (TPSA) is 3.88 Å². The zero-order valence-corrected chi connectivity index (χ0v) is 28.0. The Balaban J connectivity index is 1.66. The van der Waals surface area contributed by atoms with Gasteiger partial charge in [0.1, 0.15) is 0 Å². The minimum atomic E-state index is -0.206. The van der Waals surface area contributed by atoms with Crippen LogP contribution >= 0.6 is 0 Å². The standard InChI is InChI=1S/C42H50N/c1-10-26(11-2)30-20-31(27(12-3)13-4)25-42(24-30)35-22-28-16-14-15-17-33(28)38-37(35)39-36-29(18-19-43(39)42)21-32(40(5,6)7)23-34(36)41(38,8)9/h14-24,26-27H,10-13,25H2,1-9H3/q+1. The van der Waals surface area contributed by atoms with E-state index in [9.17, 15) is 0 Å². The van der Waals surface area contributed by atoms with Crippen molar-refractivity contribution in [1.82, 2.24) is 0 Å². The Morgan fingerprint density at radius 2 is 1.51 bits per heavy atom. The average molecular weight is 569 g/mol. The van der Waals surface area contributed by atoms with E-state index in [4.69, 9.17) is 0 Å². The maximum Gasteiger partial charge on any atom is 0.222 e. The Hall–Kier alpha value is -3.19. The molecule has 0 bridgehead atoms. The molecular formula is C42H50N+. The van der Waals surface area contributed by atoms with Crippen LogP contribution in [0.25, 0.3) is 32.8 Å². The summed E-state index contributed by atoms with van der Waals surface area (Å²) in [5.74, 6) is 1.20. The SMILES string of the molecule is CCC(CC)C1=CC2(CC(C(CC)CC)=C1)c1cc3ccccc3c3c1-c1c4c(cc(C(C)(C)C)cc4cc[n+]12)C3(C)C. The number of aromatic nitrogens is 1. The first kappa shape index (κ1) is 28.6. The van der Waals surface area contributed by atoms with Crippen molar-refractivity contribution in [3.63, 3.8) is 0 Å². The molecule has 3 aromatic carbocycles. The molecule has 1 aliphatic heterocycles. The number of hydrogen-bond donors (Lipinski definition) is 0. The smallest absolute Gasteiger partial charge is 0.184 e. The van der Waals surface area contributed by atoms with Gasteiger partial charge in [0.25, 0.3) is 0 Å². The molecule has 1 nitrogen and oxygen atoms in total. The lowest BCUT2D eigenvalue weighted by molar-refractivity contribution is -0.726. The fourth-order valence-corrected chi connectivity index (χ4v) is 9.11. The molecule has 2 heterocycles. The summed E-state index contributed by atoms with van der Waals surface area (Å²) in [4.78, 5) is 0. The van der Waals surface area contributed by atoms with Crippen molar-refractivity contribution in [2.75, 3.05) is 0 Å². The molecule has 0 N–H and O–H groups in total. The second kappa shape index (κ2) is 9.65. The maximum absolute atomic E-state index is 2.73. The molecule has 0 saturated heterocycles. The van der Waals surface area contributed by atoms with Crippen LogP contribution < -0.4 is 4.57 Å². The van der Waals surface area contributed by atoms with E-state index in [0.717, 1.165) is 6.42 Å². The normalized spacial score (nSPS) is 20.1. The molecule has 1 spiro atoms. The van der Waals surface area contributed by atoms with Crippen LogP contribution in [0.5, 0.6) is 0 Å². The summed E-state index contributed by atoms with van der Waals surface area (Å²) in [5, 5.41) is 5.64. The highest BCUT2D eigenvalue weighted by atomic mass is 15.1. The Bertz CT molecular complexity index is 1850. The van der Waals surface area contributed by atoms with Gasteiger partial charge in [0.05, 0.1) is 10.9 Å². The highest BCUT2D eigenvalue weighted by Gasteiger charge is 2.57. The lowest BCUT2D eigenvalue weighted by Gasteiger charge is -2.35. The van der Waals surface area contributed by atoms with E-state index in [1.165, 1.54) is 80.7 Å². The minimum Gasteiger partial charge on any atom is -0.184 e. The molecule has 1 heteroatoms. The van der Waals surface area contributed by atoms with E-state index in [0.29, 0.717) is 11.8 Å². The molecule has 7 rings (SSSR count). The Kier molecular flexibility index (Phi) is 6.41. The zero-order chi connectivity index (χ0) is 30.5. The third-order valence-corrected chi connectivity index (χ3v) is 11.6. The Morgan fingerprint density at radius 1 is 0.814 bits per heavy atom. The van der Waals surface area contributed by atoms with Gasteiger partial charge in [-0.2, -0.15) is 4.57 Å². The number of allylic oxidation sites excluding steroid dienone is 4. The Morgan fingerprint density at radius 3 is 2.19 bits per heavy atom. The fraction of sp³-hybridized carbons (Fsp3) is 0.452. The van der Waals surface area contributed by atoms with Crippen LogP contribution in [0, 0.1) is 11.8 Å². The summed E-state index contributed by atoms with van der Waals surface area (Å²) >= 11 is 0. The molecule has 0 amide bonds. The van der Waals surface area contributed by atoms with Gasteiger partial charge in [-0.1, -0.05) is 110 Å². The summed E-state index contributed by atoms with van der Waals surface area (Å²) in [6, 6.07) is 19.2. The highest BCUT2D eigenvalue weighted by Crippen LogP contribution is 2.58. The van der Waals surface area contributed by atoms with Crippen molar-refractivity contribution in [2.24, 2.45) is 11.8 Å². The minimum absolute atomic E-state index is 0.0870. The van der Waals surface area contributed by atoms with Crippen LogP contribution in [-0.4, -0.2) is 0 Å². The predicted molar refractivity (Wildman–Crippen MR) is 184 cm³/mol. The zero-order valence-electron chi connectivity index (χ0n) is 28.0. The van der Waals surface area contributed by atoms with Gasteiger partial charge < -0.3 is 0 Å². The van der Waals surface area contributed by atoms with Gasteiger partial charge in [0.2, 0.25) is 11.2 Å². The quantitative estimate of drug-likeness (QED) is 0.204. The lowest BCUT2D eigenvalue weighted by Crippen LogP contribution is -2.55. The number of fused-ring (bicyclic) bond motifs is 4. The van der Waals surface area contributed by atoms with E-state index in [2.05, 4.69) is 134 Å². The van der Waals surface area contributed by atoms with Crippen LogP contribution in [-0.2, 0) is 16.4 Å². The lowest BCUT2D eigenvalue weighted by atomic mass is 9.65. The van der Waals surface area contributed by atoms with Gasteiger partial charge in [-0.15, -0.1) is 0 Å². The van der Waals surface area contributed by atoms with Crippen molar-refractivity contribution in [3.8, 4) is 11.3 Å². The second-order valence-electron chi connectivity index (χ2n) is 15.3. The molecule has 1 unspecified atom stereocenters. The van der Waals surface area contributed by atoms with Gasteiger partial charge in [0, 0.05) is 23.5 Å². The Labute approximate surface area is 259 Å². The number of hydrogen-bond acceptors (Lipinski definition) is 0. The molecule has 0 fully saturated rings. The summed E-state index contributed by atoms with van der Waals surface area (Å²) in [6.07, 6.45) is 13.6.